The Labute approximate surface area is 193 Å². The van der Waals surface area contributed by atoms with Crippen LogP contribution in [0.15, 0.2) is 70.5 Å². The molecule has 1 N–H and O–H groups in total. The van der Waals surface area contributed by atoms with Crippen LogP contribution in [0, 0.1) is 11.3 Å². The fourth-order valence-electron chi connectivity index (χ4n) is 3.33. The Kier molecular flexibility index (Phi) is 5.72. The van der Waals surface area contributed by atoms with Crippen molar-refractivity contribution >= 4 is 44.8 Å². The molecule has 0 bridgehead atoms. The Balaban J connectivity index is 1.52. The van der Waals surface area contributed by atoms with E-state index < -0.39 is 34.1 Å². The summed E-state index contributed by atoms with van der Waals surface area (Å²) in [5, 5.41) is 11.8. The summed E-state index contributed by atoms with van der Waals surface area (Å²) in [6.07, 6.45) is 0. The zero-order valence-corrected chi connectivity index (χ0v) is 18.2. The predicted octanol–water partition coefficient (Wildman–Crippen LogP) is 3.38. The van der Waals surface area contributed by atoms with Gasteiger partial charge in [0.2, 0.25) is 9.84 Å². The molecule has 0 saturated heterocycles. The number of nitrogens with one attached hydrogen (secondary N) is 1. The topological polar surface area (TPSA) is 130 Å². The van der Waals surface area contributed by atoms with Gasteiger partial charge in [0.05, 0.1) is 26.6 Å². The number of anilines is 1. The second kappa shape index (κ2) is 8.50. The van der Waals surface area contributed by atoms with Gasteiger partial charge in [-0.15, -0.1) is 0 Å². The van der Waals surface area contributed by atoms with Crippen LogP contribution >= 0.6 is 11.6 Å². The Morgan fingerprint density at radius 2 is 1.73 bits per heavy atom. The van der Waals surface area contributed by atoms with E-state index in [-0.39, 0.29) is 37.7 Å². The lowest BCUT2D eigenvalue weighted by Crippen LogP contribution is -2.23. The molecular weight excluding hydrogens is 468 g/mol. The van der Waals surface area contributed by atoms with Gasteiger partial charge in [-0.05, 0) is 48.5 Å². The monoisotopic (exact) mass is 480 g/mol. The molecule has 0 saturated carbocycles. The number of nitriles is 1. The number of nitrogens with zero attached hydrogens (tertiary/aromatic N) is 1. The van der Waals surface area contributed by atoms with Crippen molar-refractivity contribution in [2.24, 2.45) is 0 Å². The van der Waals surface area contributed by atoms with Gasteiger partial charge in [0.15, 0.2) is 12.4 Å². The molecule has 8 nitrogen and oxygen atoms in total. The Morgan fingerprint density at radius 1 is 1.00 bits per heavy atom. The highest BCUT2D eigenvalue weighted by Gasteiger charge is 2.35. The van der Waals surface area contributed by atoms with Gasteiger partial charge in [-0.25, -0.2) is 13.2 Å². The van der Waals surface area contributed by atoms with E-state index in [1.807, 2.05) is 6.07 Å². The van der Waals surface area contributed by atoms with E-state index in [4.69, 9.17) is 21.6 Å². The van der Waals surface area contributed by atoms with E-state index in [1.54, 1.807) is 6.07 Å². The maximum atomic E-state index is 13.0. The number of ether oxygens (including phenoxy) is 1. The number of benzene rings is 3. The molecule has 1 amide bonds. The maximum absolute atomic E-state index is 13.0. The quantitative estimate of drug-likeness (QED) is 0.443. The average Bonchev–Trinajstić information content (AvgIpc) is 2.81. The van der Waals surface area contributed by atoms with Crippen molar-refractivity contribution in [1.82, 2.24) is 0 Å². The SMILES string of the molecule is N#Cc1ccc(Cl)cc1NC(=O)COC(=O)c1ccc2c(c1)S(=O)(=O)c1ccccc1C2=O. The van der Waals surface area contributed by atoms with Crippen molar-refractivity contribution < 1.29 is 27.5 Å². The van der Waals surface area contributed by atoms with Crippen LogP contribution < -0.4 is 5.32 Å². The molecule has 1 heterocycles. The van der Waals surface area contributed by atoms with Crippen molar-refractivity contribution in [3.8, 4) is 6.07 Å². The number of esters is 1. The summed E-state index contributed by atoms with van der Waals surface area (Å²) in [5.41, 5.74) is 0.201. The van der Waals surface area contributed by atoms with Crippen molar-refractivity contribution in [1.29, 1.82) is 5.26 Å². The van der Waals surface area contributed by atoms with Gasteiger partial charge in [-0.3, -0.25) is 9.59 Å². The number of fused-ring (bicyclic) bond motifs is 2. The lowest BCUT2D eigenvalue weighted by atomic mass is 10.0. The molecule has 10 heteroatoms. The third kappa shape index (κ3) is 4.09. The summed E-state index contributed by atoms with van der Waals surface area (Å²) in [6.45, 7) is -0.693. The van der Waals surface area contributed by atoms with E-state index >= 15 is 0 Å². The van der Waals surface area contributed by atoms with Crippen LogP contribution in [0.3, 0.4) is 0 Å². The third-order valence-electron chi connectivity index (χ3n) is 4.88. The van der Waals surface area contributed by atoms with Gasteiger partial charge in [-0.1, -0.05) is 23.7 Å². The number of amides is 1. The van der Waals surface area contributed by atoms with Crippen LogP contribution in [-0.2, 0) is 19.4 Å². The minimum absolute atomic E-state index is 0.0482. The van der Waals surface area contributed by atoms with E-state index in [0.717, 1.165) is 6.07 Å². The highest BCUT2D eigenvalue weighted by atomic mass is 35.5. The largest absolute Gasteiger partial charge is 0.452 e. The minimum Gasteiger partial charge on any atom is -0.452 e. The zero-order valence-electron chi connectivity index (χ0n) is 16.7. The van der Waals surface area contributed by atoms with E-state index in [0.29, 0.717) is 5.02 Å². The van der Waals surface area contributed by atoms with Gasteiger partial charge < -0.3 is 10.1 Å². The number of hydrogen-bond acceptors (Lipinski definition) is 7. The Morgan fingerprint density at radius 3 is 2.48 bits per heavy atom. The van der Waals surface area contributed by atoms with E-state index in [1.165, 1.54) is 48.5 Å². The molecule has 164 valence electrons. The molecule has 0 aliphatic carbocycles. The molecule has 33 heavy (non-hydrogen) atoms. The van der Waals surface area contributed by atoms with Gasteiger partial charge in [0, 0.05) is 16.1 Å². The molecule has 1 aliphatic rings. The summed E-state index contributed by atoms with van der Waals surface area (Å²) < 4.78 is 30.9. The van der Waals surface area contributed by atoms with Crippen LogP contribution in [0.4, 0.5) is 5.69 Å². The summed E-state index contributed by atoms with van der Waals surface area (Å²) in [4.78, 5) is 36.8. The predicted molar refractivity (Wildman–Crippen MR) is 117 cm³/mol. The van der Waals surface area contributed by atoms with Crippen molar-refractivity contribution in [2.45, 2.75) is 9.79 Å². The summed E-state index contributed by atoms with van der Waals surface area (Å²) in [6, 6.07) is 15.6. The van der Waals surface area contributed by atoms with Crippen molar-refractivity contribution in [3.63, 3.8) is 0 Å². The average molecular weight is 481 g/mol. The van der Waals surface area contributed by atoms with Crippen LogP contribution in [0.1, 0.15) is 31.8 Å². The molecule has 0 fully saturated rings. The lowest BCUT2D eigenvalue weighted by Gasteiger charge is -2.19. The standard InChI is InChI=1S/C23H13ClN2O6S/c24-15-7-5-14(11-25)18(10-15)26-21(27)12-32-23(29)13-6-8-17-20(9-13)33(30,31)19-4-2-1-3-16(19)22(17)28/h1-10H,12H2,(H,26,27). The first-order valence-corrected chi connectivity index (χ1v) is 11.3. The fraction of sp³-hybridized carbons (Fsp3) is 0.0435. The van der Waals surface area contributed by atoms with Gasteiger partial charge in [-0.2, -0.15) is 5.26 Å². The fourth-order valence-corrected chi connectivity index (χ4v) is 5.18. The summed E-state index contributed by atoms with van der Waals surface area (Å²) >= 11 is 5.87. The first kappa shape index (κ1) is 22.2. The van der Waals surface area contributed by atoms with Crippen LogP contribution in [-0.4, -0.2) is 32.7 Å². The molecule has 0 atom stereocenters. The zero-order chi connectivity index (χ0) is 23.8. The first-order chi connectivity index (χ1) is 15.7. The second-order valence-corrected chi connectivity index (χ2v) is 9.29. The number of halogens is 1. The van der Waals surface area contributed by atoms with Crippen molar-refractivity contribution in [2.75, 3.05) is 11.9 Å². The van der Waals surface area contributed by atoms with Gasteiger partial charge >= 0.3 is 5.97 Å². The molecule has 3 aromatic carbocycles. The number of carbonyl (C=O) groups is 3. The van der Waals surface area contributed by atoms with Crippen LogP contribution in [0.25, 0.3) is 0 Å². The summed E-state index contributed by atoms with van der Waals surface area (Å²) in [7, 11) is -4.03. The normalized spacial score (nSPS) is 13.3. The Hall–Kier alpha value is -4.00. The minimum atomic E-state index is -4.03. The summed E-state index contributed by atoms with van der Waals surface area (Å²) in [5.74, 6) is -2.15. The smallest absolute Gasteiger partial charge is 0.338 e. The molecule has 3 aromatic rings. The van der Waals surface area contributed by atoms with E-state index in [2.05, 4.69) is 5.32 Å². The highest BCUT2D eigenvalue weighted by molar-refractivity contribution is 7.91. The number of sulfone groups is 1. The number of ketones is 1. The molecule has 0 aromatic heterocycles. The van der Waals surface area contributed by atoms with Crippen LogP contribution in [0.2, 0.25) is 5.02 Å². The van der Waals surface area contributed by atoms with E-state index in [9.17, 15) is 22.8 Å². The molecule has 0 spiro atoms. The molecule has 0 radical (unpaired) electrons. The second-order valence-electron chi connectivity index (χ2n) is 6.97. The number of hydrogen-bond donors (Lipinski definition) is 1. The van der Waals surface area contributed by atoms with Crippen LogP contribution in [0.5, 0.6) is 0 Å². The molecule has 1 aliphatic heterocycles. The first-order valence-electron chi connectivity index (χ1n) is 9.42. The van der Waals surface area contributed by atoms with Gasteiger partial charge in [0.25, 0.3) is 5.91 Å². The molecule has 4 rings (SSSR count). The molecule has 0 unspecified atom stereocenters. The number of rotatable bonds is 4. The highest BCUT2D eigenvalue weighted by Crippen LogP contribution is 2.34. The lowest BCUT2D eigenvalue weighted by molar-refractivity contribution is -0.119. The molecular formula is C23H13ClN2O6S. The van der Waals surface area contributed by atoms with Crippen molar-refractivity contribution in [3.05, 3.63) is 87.9 Å². The third-order valence-corrected chi connectivity index (χ3v) is 6.97. The maximum Gasteiger partial charge on any atom is 0.338 e. The van der Waals surface area contributed by atoms with Gasteiger partial charge in [0.1, 0.15) is 6.07 Å². The Bertz CT molecular complexity index is 1490. The number of carbonyl (C=O) groups excluding carboxylic acids is 3.